The molecule has 3 aromatic heterocycles. The zero-order valence-corrected chi connectivity index (χ0v) is 17.4. The second kappa shape index (κ2) is 7.33. The topological polar surface area (TPSA) is 92.5 Å². The van der Waals surface area contributed by atoms with Crippen LogP contribution in [0.4, 0.5) is 0 Å². The second-order valence-electron chi connectivity index (χ2n) is 7.25. The molecule has 4 aromatic rings. The summed E-state index contributed by atoms with van der Waals surface area (Å²) in [4.78, 5) is 42.3. The van der Waals surface area contributed by atoms with E-state index >= 15 is 0 Å². The van der Waals surface area contributed by atoms with E-state index in [0.717, 1.165) is 21.5 Å². The van der Waals surface area contributed by atoms with Gasteiger partial charge in [-0.2, -0.15) is 4.98 Å². The highest BCUT2D eigenvalue weighted by atomic mass is 16.5. The number of fused-ring (bicyclic) bond motifs is 3. The number of hydrogen-bond donors (Lipinski definition) is 0. The first-order valence-corrected chi connectivity index (χ1v) is 9.76. The van der Waals surface area contributed by atoms with Crippen LogP contribution in [-0.2, 0) is 23.1 Å². The third kappa shape index (κ3) is 3.02. The van der Waals surface area contributed by atoms with E-state index in [2.05, 4.69) is 4.98 Å². The molecule has 30 heavy (non-hydrogen) atoms. The van der Waals surface area contributed by atoms with E-state index in [1.165, 1.54) is 4.57 Å². The molecule has 9 nitrogen and oxygen atoms in total. The van der Waals surface area contributed by atoms with Gasteiger partial charge in [0.05, 0.1) is 13.0 Å². The fourth-order valence-corrected chi connectivity index (χ4v) is 3.73. The smallest absolute Gasteiger partial charge is 0.332 e. The van der Waals surface area contributed by atoms with Crippen molar-refractivity contribution >= 4 is 22.9 Å². The van der Waals surface area contributed by atoms with Gasteiger partial charge in [-0.3, -0.25) is 27.7 Å². The molecule has 0 unspecified atom stereocenters. The summed E-state index contributed by atoms with van der Waals surface area (Å²) in [6, 6.07) is 7.97. The first kappa shape index (κ1) is 19.7. The number of carbonyl (C=O) groups is 1. The lowest BCUT2D eigenvalue weighted by Crippen LogP contribution is -2.39. The number of imidazole rings is 2. The number of carbonyl (C=O) groups excluding carboxylic acids is 1. The fraction of sp³-hybridized carbons (Fsp3) is 0.333. The highest BCUT2D eigenvalue weighted by Gasteiger charge is 2.21. The number of rotatable bonds is 5. The summed E-state index contributed by atoms with van der Waals surface area (Å²) in [5.41, 5.74) is 2.52. The molecule has 0 aliphatic rings. The molecule has 0 saturated carbocycles. The Morgan fingerprint density at radius 1 is 1.20 bits per heavy atom. The minimum absolute atomic E-state index is 0.0505. The molecular weight excluding hydrogens is 386 g/mol. The molecule has 0 amide bonds. The molecule has 0 fully saturated rings. The Hall–Kier alpha value is -3.62. The van der Waals surface area contributed by atoms with Crippen LogP contribution in [0.2, 0.25) is 0 Å². The van der Waals surface area contributed by atoms with Crippen LogP contribution in [-0.4, -0.2) is 35.7 Å². The molecule has 0 aliphatic heterocycles. The summed E-state index contributed by atoms with van der Waals surface area (Å²) in [5, 5.41) is 0. The van der Waals surface area contributed by atoms with Crippen molar-refractivity contribution in [3.63, 3.8) is 0 Å². The van der Waals surface area contributed by atoms with Crippen LogP contribution >= 0.6 is 0 Å². The van der Waals surface area contributed by atoms with Crippen molar-refractivity contribution in [2.45, 2.75) is 33.7 Å². The van der Waals surface area contributed by atoms with Gasteiger partial charge in [-0.1, -0.05) is 12.1 Å². The molecule has 0 aliphatic carbocycles. The zero-order valence-electron chi connectivity index (χ0n) is 17.4. The number of ether oxygens (including phenoxy) is 1. The molecule has 0 spiro atoms. The SMILES string of the molecule is CCOC(=O)CCn1c(=O)c2c(nc3n(-c4cccc(C)c4)c(C)cn23)n(C)c1=O. The summed E-state index contributed by atoms with van der Waals surface area (Å²) >= 11 is 0. The quantitative estimate of drug-likeness (QED) is 0.468. The van der Waals surface area contributed by atoms with Gasteiger partial charge in [0.15, 0.2) is 11.2 Å². The number of hydrogen-bond acceptors (Lipinski definition) is 5. The highest BCUT2D eigenvalue weighted by Crippen LogP contribution is 2.21. The average molecular weight is 409 g/mol. The molecule has 156 valence electrons. The molecule has 0 atom stereocenters. The average Bonchev–Trinajstić information content (AvgIpc) is 3.21. The van der Waals surface area contributed by atoms with Crippen LogP contribution in [0.1, 0.15) is 24.6 Å². The van der Waals surface area contributed by atoms with Crippen molar-refractivity contribution < 1.29 is 9.53 Å². The van der Waals surface area contributed by atoms with E-state index in [1.807, 2.05) is 48.9 Å². The summed E-state index contributed by atoms with van der Waals surface area (Å²) in [5.74, 6) is 0.0924. The van der Waals surface area contributed by atoms with Crippen LogP contribution in [0, 0.1) is 13.8 Å². The summed E-state index contributed by atoms with van der Waals surface area (Å²) < 4.78 is 11.0. The van der Waals surface area contributed by atoms with Crippen molar-refractivity contribution in [3.05, 3.63) is 62.6 Å². The number of aryl methyl sites for hydroxylation is 3. The third-order valence-electron chi connectivity index (χ3n) is 5.13. The van der Waals surface area contributed by atoms with Gasteiger partial charge >= 0.3 is 11.7 Å². The van der Waals surface area contributed by atoms with E-state index in [9.17, 15) is 14.4 Å². The highest BCUT2D eigenvalue weighted by molar-refractivity contribution is 5.76. The third-order valence-corrected chi connectivity index (χ3v) is 5.13. The number of benzene rings is 1. The Morgan fingerprint density at radius 3 is 2.67 bits per heavy atom. The number of nitrogens with zero attached hydrogens (tertiary/aromatic N) is 5. The lowest BCUT2D eigenvalue weighted by atomic mass is 10.2. The molecule has 1 aromatic carbocycles. The van der Waals surface area contributed by atoms with Crippen LogP contribution in [0.25, 0.3) is 22.6 Å². The Labute approximate surface area is 171 Å². The summed E-state index contributed by atoms with van der Waals surface area (Å²) in [6.45, 7) is 5.85. The van der Waals surface area contributed by atoms with E-state index < -0.39 is 17.2 Å². The van der Waals surface area contributed by atoms with Crippen LogP contribution < -0.4 is 11.2 Å². The van der Waals surface area contributed by atoms with Gasteiger partial charge in [0.25, 0.3) is 5.56 Å². The zero-order chi connectivity index (χ0) is 21.6. The Kier molecular flexibility index (Phi) is 4.81. The van der Waals surface area contributed by atoms with Crippen LogP contribution in [0.3, 0.4) is 0 Å². The van der Waals surface area contributed by atoms with Gasteiger partial charge in [0, 0.05) is 31.2 Å². The molecule has 0 saturated heterocycles. The van der Waals surface area contributed by atoms with Crippen molar-refractivity contribution in [1.29, 1.82) is 0 Å². The van der Waals surface area contributed by atoms with Crippen LogP contribution in [0.15, 0.2) is 40.1 Å². The monoisotopic (exact) mass is 409 g/mol. The Balaban J connectivity index is 1.95. The lowest BCUT2D eigenvalue weighted by Gasteiger charge is -2.08. The van der Waals surface area contributed by atoms with Gasteiger partial charge in [-0.15, -0.1) is 0 Å². The molecule has 0 N–H and O–H groups in total. The van der Waals surface area contributed by atoms with E-state index in [0.29, 0.717) is 16.9 Å². The molecule has 0 radical (unpaired) electrons. The predicted octanol–water partition coefficient (Wildman–Crippen LogP) is 1.71. The minimum atomic E-state index is -0.517. The van der Waals surface area contributed by atoms with E-state index in [4.69, 9.17) is 4.74 Å². The molecule has 0 bridgehead atoms. The second-order valence-corrected chi connectivity index (χ2v) is 7.25. The molecule has 3 heterocycles. The standard InChI is InChI=1S/C21H23N5O4/c1-5-30-16(27)9-10-24-19(28)17-18(23(4)21(24)29)22-20-25(17)12-14(3)26(20)15-8-6-7-13(2)11-15/h6-8,11-12H,5,9-10H2,1-4H3. The maximum absolute atomic E-state index is 13.2. The maximum atomic E-state index is 13.2. The van der Waals surface area contributed by atoms with Gasteiger partial charge in [-0.25, -0.2) is 4.79 Å². The first-order valence-electron chi connectivity index (χ1n) is 9.76. The lowest BCUT2D eigenvalue weighted by molar-refractivity contribution is -0.143. The molecule has 4 rings (SSSR count). The first-order chi connectivity index (χ1) is 14.3. The fourth-order valence-electron chi connectivity index (χ4n) is 3.73. The van der Waals surface area contributed by atoms with Crippen molar-refractivity contribution in [3.8, 4) is 5.69 Å². The van der Waals surface area contributed by atoms with Crippen molar-refractivity contribution in [2.24, 2.45) is 7.05 Å². The Morgan fingerprint density at radius 2 is 1.97 bits per heavy atom. The van der Waals surface area contributed by atoms with Crippen LogP contribution in [0.5, 0.6) is 0 Å². The minimum Gasteiger partial charge on any atom is -0.466 e. The summed E-state index contributed by atoms with van der Waals surface area (Å²) in [6.07, 6.45) is 1.77. The van der Waals surface area contributed by atoms with Gasteiger partial charge in [-0.05, 0) is 38.5 Å². The van der Waals surface area contributed by atoms with Crippen molar-refractivity contribution in [2.75, 3.05) is 6.61 Å². The largest absolute Gasteiger partial charge is 0.466 e. The van der Waals surface area contributed by atoms with Crippen molar-refractivity contribution in [1.82, 2.24) is 23.1 Å². The normalized spacial score (nSPS) is 11.5. The molecule has 9 heteroatoms. The predicted molar refractivity (Wildman–Crippen MR) is 112 cm³/mol. The van der Waals surface area contributed by atoms with E-state index in [-0.39, 0.29) is 19.6 Å². The number of esters is 1. The Bertz CT molecular complexity index is 1400. The molecular formula is C21H23N5O4. The maximum Gasteiger partial charge on any atom is 0.332 e. The van der Waals surface area contributed by atoms with Gasteiger partial charge in [0.2, 0.25) is 5.78 Å². The van der Waals surface area contributed by atoms with Gasteiger partial charge in [0.1, 0.15) is 0 Å². The van der Waals surface area contributed by atoms with E-state index in [1.54, 1.807) is 18.4 Å². The summed E-state index contributed by atoms with van der Waals surface area (Å²) in [7, 11) is 1.57. The number of aromatic nitrogens is 5. The van der Waals surface area contributed by atoms with Gasteiger partial charge < -0.3 is 4.74 Å².